The number of ether oxygens (including phenoxy) is 1. The van der Waals surface area contributed by atoms with Crippen molar-refractivity contribution in [3.8, 4) is 17.3 Å². The summed E-state index contributed by atoms with van der Waals surface area (Å²) in [7, 11) is 1.56. The molecule has 0 saturated heterocycles. The summed E-state index contributed by atoms with van der Waals surface area (Å²) in [5, 5.41) is 12.9. The van der Waals surface area contributed by atoms with Crippen molar-refractivity contribution in [3.63, 3.8) is 0 Å². The number of nitrogens with one attached hydrogen (secondary N) is 1. The van der Waals surface area contributed by atoms with Crippen LogP contribution < -0.4 is 10.1 Å². The normalized spacial score (nSPS) is 10.5. The van der Waals surface area contributed by atoms with Crippen LogP contribution in [0.2, 0.25) is 0 Å². The number of carbonyl (C=O) groups excluding carboxylic acids is 1. The summed E-state index contributed by atoms with van der Waals surface area (Å²) in [5.41, 5.74) is 1.06. The summed E-state index contributed by atoms with van der Waals surface area (Å²) in [4.78, 5) is 16.3. The molecule has 1 N–H and O–H groups in total. The molecule has 1 aromatic carbocycles. The van der Waals surface area contributed by atoms with Gasteiger partial charge in [-0.25, -0.2) is 4.98 Å². The van der Waals surface area contributed by atoms with Crippen LogP contribution in [0.5, 0.6) is 5.75 Å². The van der Waals surface area contributed by atoms with E-state index in [1.807, 2.05) is 12.3 Å². The number of carbonyl (C=O) groups is 1. The van der Waals surface area contributed by atoms with E-state index in [-0.39, 0.29) is 17.8 Å². The van der Waals surface area contributed by atoms with Crippen LogP contribution in [0.4, 0.5) is 6.01 Å². The molecule has 1 amide bonds. The number of hydrogen-bond acceptors (Lipinski definition) is 7. The zero-order valence-corrected chi connectivity index (χ0v) is 12.7. The van der Waals surface area contributed by atoms with Crippen molar-refractivity contribution >= 4 is 23.3 Å². The second kappa shape index (κ2) is 5.94. The molecule has 0 aliphatic rings. The SMILES string of the molecule is COc1ccc(C(=O)Nc2nnc(-c3csc(C)n3)o2)cc1. The summed E-state index contributed by atoms with van der Waals surface area (Å²) >= 11 is 1.48. The Morgan fingerprint density at radius 3 is 2.68 bits per heavy atom. The number of methoxy groups -OCH3 is 1. The molecular weight excluding hydrogens is 304 g/mol. The van der Waals surface area contributed by atoms with Crippen molar-refractivity contribution < 1.29 is 13.9 Å². The first-order chi connectivity index (χ1) is 10.7. The van der Waals surface area contributed by atoms with E-state index in [2.05, 4.69) is 20.5 Å². The molecule has 8 heteroatoms. The molecular formula is C14H12N4O3S. The van der Waals surface area contributed by atoms with Crippen LogP contribution in [0, 0.1) is 6.92 Å². The molecule has 112 valence electrons. The first-order valence-electron chi connectivity index (χ1n) is 6.37. The van der Waals surface area contributed by atoms with Crippen molar-refractivity contribution in [2.75, 3.05) is 12.4 Å². The maximum absolute atomic E-state index is 12.1. The largest absolute Gasteiger partial charge is 0.497 e. The van der Waals surface area contributed by atoms with Crippen molar-refractivity contribution in [2.45, 2.75) is 6.92 Å². The van der Waals surface area contributed by atoms with Gasteiger partial charge in [0.15, 0.2) is 0 Å². The molecule has 2 aromatic heterocycles. The third kappa shape index (κ3) is 2.96. The van der Waals surface area contributed by atoms with Crippen molar-refractivity contribution in [3.05, 3.63) is 40.2 Å². The monoisotopic (exact) mass is 316 g/mol. The Kier molecular flexibility index (Phi) is 3.84. The molecule has 2 heterocycles. The Labute approximate surface area is 130 Å². The number of thiazole rings is 1. The van der Waals surface area contributed by atoms with E-state index in [0.29, 0.717) is 17.0 Å². The molecule has 0 bridgehead atoms. The highest BCUT2D eigenvalue weighted by Crippen LogP contribution is 2.22. The predicted molar refractivity (Wildman–Crippen MR) is 81.1 cm³/mol. The zero-order chi connectivity index (χ0) is 15.5. The summed E-state index contributed by atoms with van der Waals surface area (Å²) in [5.74, 6) is 0.609. The number of benzene rings is 1. The third-order valence-electron chi connectivity index (χ3n) is 2.84. The number of hydrogen-bond donors (Lipinski definition) is 1. The van der Waals surface area contributed by atoms with Gasteiger partial charge in [-0.05, 0) is 31.2 Å². The van der Waals surface area contributed by atoms with Gasteiger partial charge in [0.25, 0.3) is 11.8 Å². The van der Waals surface area contributed by atoms with E-state index in [9.17, 15) is 4.79 Å². The fourth-order valence-electron chi connectivity index (χ4n) is 1.75. The minimum absolute atomic E-state index is 0.0291. The number of amides is 1. The lowest BCUT2D eigenvalue weighted by atomic mass is 10.2. The number of rotatable bonds is 4. The van der Waals surface area contributed by atoms with Gasteiger partial charge in [-0.2, -0.15) is 0 Å². The Hall–Kier alpha value is -2.74. The van der Waals surface area contributed by atoms with Crippen LogP contribution in [0.15, 0.2) is 34.1 Å². The first-order valence-corrected chi connectivity index (χ1v) is 7.25. The molecule has 0 atom stereocenters. The topological polar surface area (TPSA) is 90.1 Å². The smallest absolute Gasteiger partial charge is 0.322 e. The quantitative estimate of drug-likeness (QED) is 0.796. The van der Waals surface area contributed by atoms with E-state index in [0.717, 1.165) is 5.01 Å². The van der Waals surface area contributed by atoms with Crippen LogP contribution in [0.1, 0.15) is 15.4 Å². The van der Waals surface area contributed by atoms with E-state index in [1.165, 1.54) is 11.3 Å². The predicted octanol–water partition coefficient (Wildman–Crippen LogP) is 2.76. The minimum Gasteiger partial charge on any atom is -0.497 e. The number of aryl methyl sites for hydroxylation is 1. The molecule has 0 radical (unpaired) electrons. The Bertz CT molecular complexity index is 795. The van der Waals surface area contributed by atoms with Gasteiger partial charge >= 0.3 is 6.01 Å². The maximum Gasteiger partial charge on any atom is 0.322 e. The Morgan fingerprint density at radius 2 is 2.05 bits per heavy atom. The van der Waals surface area contributed by atoms with E-state index < -0.39 is 0 Å². The first kappa shape index (κ1) is 14.2. The third-order valence-corrected chi connectivity index (χ3v) is 3.61. The van der Waals surface area contributed by atoms with Gasteiger partial charge in [0.1, 0.15) is 11.4 Å². The van der Waals surface area contributed by atoms with Crippen LogP contribution in [-0.2, 0) is 0 Å². The fraction of sp³-hybridized carbons (Fsp3) is 0.143. The molecule has 3 aromatic rings. The highest BCUT2D eigenvalue weighted by Gasteiger charge is 2.14. The molecule has 0 aliphatic carbocycles. The lowest BCUT2D eigenvalue weighted by Gasteiger charge is -2.02. The maximum atomic E-state index is 12.1. The molecule has 7 nitrogen and oxygen atoms in total. The standard InChI is InChI=1S/C14H12N4O3S/c1-8-15-11(7-22-8)13-17-18-14(21-13)16-12(19)9-3-5-10(20-2)6-4-9/h3-7H,1-2H3,(H,16,18,19). The summed E-state index contributed by atoms with van der Waals surface area (Å²) < 4.78 is 10.4. The van der Waals surface area contributed by atoms with Crippen molar-refractivity contribution in [1.29, 1.82) is 0 Å². The fourth-order valence-corrected chi connectivity index (χ4v) is 2.34. The lowest BCUT2D eigenvalue weighted by Crippen LogP contribution is -2.11. The highest BCUT2D eigenvalue weighted by atomic mass is 32.1. The van der Waals surface area contributed by atoms with E-state index in [4.69, 9.17) is 9.15 Å². The van der Waals surface area contributed by atoms with Crippen molar-refractivity contribution in [1.82, 2.24) is 15.2 Å². The summed E-state index contributed by atoms with van der Waals surface area (Å²) in [6, 6.07) is 6.73. The van der Waals surface area contributed by atoms with Crippen LogP contribution in [0.25, 0.3) is 11.6 Å². The van der Waals surface area contributed by atoms with Gasteiger partial charge in [0.2, 0.25) is 0 Å². The van der Waals surface area contributed by atoms with Crippen LogP contribution >= 0.6 is 11.3 Å². The number of anilines is 1. The Morgan fingerprint density at radius 1 is 1.27 bits per heavy atom. The average Bonchev–Trinajstić information content (AvgIpc) is 3.16. The minimum atomic E-state index is -0.340. The second-order valence-corrected chi connectivity index (χ2v) is 5.41. The average molecular weight is 316 g/mol. The molecule has 0 spiro atoms. The highest BCUT2D eigenvalue weighted by molar-refractivity contribution is 7.09. The molecule has 3 rings (SSSR count). The van der Waals surface area contributed by atoms with Gasteiger partial charge in [-0.15, -0.1) is 16.4 Å². The van der Waals surface area contributed by atoms with Gasteiger partial charge < -0.3 is 9.15 Å². The van der Waals surface area contributed by atoms with Gasteiger partial charge in [0, 0.05) is 10.9 Å². The molecule has 0 saturated carbocycles. The number of aromatic nitrogens is 3. The van der Waals surface area contributed by atoms with Gasteiger partial charge in [-0.3, -0.25) is 10.1 Å². The summed E-state index contributed by atoms with van der Waals surface area (Å²) in [6.07, 6.45) is 0. The van der Waals surface area contributed by atoms with E-state index >= 15 is 0 Å². The zero-order valence-electron chi connectivity index (χ0n) is 11.9. The Balaban J connectivity index is 1.72. The van der Waals surface area contributed by atoms with Gasteiger partial charge in [-0.1, -0.05) is 5.10 Å². The van der Waals surface area contributed by atoms with Crippen LogP contribution in [-0.4, -0.2) is 28.2 Å². The van der Waals surface area contributed by atoms with Crippen molar-refractivity contribution in [2.24, 2.45) is 0 Å². The van der Waals surface area contributed by atoms with Crippen LogP contribution in [0.3, 0.4) is 0 Å². The van der Waals surface area contributed by atoms with Gasteiger partial charge in [0.05, 0.1) is 12.1 Å². The molecule has 0 unspecified atom stereocenters. The van der Waals surface area contributed by atoms with E-state index in [1.54, 1.807) is 31.4 Å². The molecule has 22 heavy (non-hydrogen) atoms. The summed E-state index contributed by atoms with van der Waals surface area (Å²) in [6.45, 7) is 1.89. The lowest BCUT2D eigenvalue weighted by molar-refractivity contribution is 0.102. The second-order valence-electron chi connectivity index (χ2n) is 4.35. The molecule has 0 aliphatic heterocycles. The molecule has 0 fully saturated rings. The number of nitrogens with zero attached hydrogens (tertiary/aromatic N) is 3.